The summed E-state index contributed by atoms with van der Waals surface area (Å²) in [5.41, 5.74) is 2.22. The summed E-state index contributed by atoms with van der Waals surface area (Å²) in [5, 5.41) is 9.67. The third-order valence-electron chi connectivity index (χ3n) is 4.66. The number of carboxylic acids is 1. The first kappa shape index (κ1) is 22.7. The van der Waals surface area contributed by atoms with Crippen LogP contribution in [0.25, 0.3) is 10.9 Å². The Hall–Kier alpha value is -4.50. The first-order valence-electron chi connectivity index (χ1n) is 9.99. The average Bonchev–Trinajstić information content (AvgIpc) is 2.86. The van der Waals surface area contributed by atoms with Crippen molar-refractivity contribution in [1.82, 2.24) is 9.97 Å². The summed E-state index contributed by atoms with van der Waals surface area (Å²) in [4.78, 5) is 19.7. The molecule has 0 saturated heterocycles. The molecule has 0 spiro atoms. The van der Waals surface area contributed by atoms with Gasteiger partial charge in [-0.3, -0.25) is 4.98 Å². The molecule has 0 saturated carbocycles. The van der Waals surface area contributed by atoms with Crippen LogP contribution in [0.1, 0.15) is 21.6 Å². The zero-order valence-corrected chi connectivity index (χ0v) is 18.5. The molecule has 2 N–H and O–H groups in total. The normalized spacial score (nSPS) is 11.1. The predicted octanol–water partition coefficient (Wildman–Crippen LogP) is 3.87. The number of nitrogens with zero attached hydrogens (tertiary/aromatic N) is 2. The minimum absolute atomic E-state index is 0.0560. The van der Waals surface area contributed by atoms with E-state index in [1.165, 1.54) is 12.3 Å². The first-order chi connectivity index (χ1) is 16.6. The largest absolute Gasteiger partial charge is 0.588 e. The van der Waals surface area contributed by atoms with Crippen molar-refractivity contribution in [3.63, 3.8) is 0 Å². The molecule has 0 bridgehead atoms. The molecular weight excluding hydrogens is 450 g/mol. The van der Waals surface area contributed by atoms with E-state index in [4.69, 9.17) is 16.3 Å². The topological polar surface area (TPSA) is 107 Å². The highest BCUT2D eigenvalue weighted by Crippen LogP contribution is 2.30. The lowest BCUT2D eigenvalue weighted by Gasteiger charge is -2.14. The minimum Gasteiger partial charge on any atom is -0.588 e. The van der Waals surface area contributed by atoms with Gasteiger partial charge < -0.3 is 14.4 Å². The standard InChI is InChI=1S/C26H17N3O4S/c1-2-16-33-23-14-15-27-25-20(23)7-5-9-24(25)34(32)29-21-8-4-3-6-19(21)12-10-18-11-13-22(26(30)31)28-17-18/h1,3-9,11,13-15,17,29H,16H2,(H,30,31). The van der Waals surface area contributed by atoms with E-state index < -0.39 is 17.3 Å². The lowest BCUT2D eigenvalue weighted by Crippen LogP contribution is -2.14. The Labute approximate surface area is 199 Å². The maximum Gasteiger partial charge on any atom is 0.354 e. The van der Waals surface area contributed by atoms with E-state index in [0.717, 1.165) is 0 Å². The van der Waals surface area contributed by atoms with Crippen LogP contribution in [-0.4, -0.2) is 32.2 Å². The molecule has 0 radical (unpaired) electrons. The summed E-state index contributed by atoms with van der Waals surface area (Å²) < 4.78 is 21.8. The lowest BCUT2D eigenvalue weighted by atomic mass is 10.1. The van der Waals surface area contributed by atoms with Crippen molar-refractivity contribution in [1.29, 1.82) is 0 Å². The highest BCUT2D eigenvalue weighted by atomic mass is 32.2. The number of aromatic nitrogens is 2. The van der Waals surface area contributed by atoms with Crippen LogP contribution in [0.5, 0.6) is 5.75 Å². The molecule has 2 aromatic carbocycles. The van der Waals surface area contributed by atoms with E-state index in [9.17, 15) is 9.35 Å². The van der Waals surface area contributed by atoms with E-state index in [2.05, 4.69) is 32.5 Å². The number of para-hydroxylation sites is 2. The van der Waals surface area contributed by atoms with Crippen LogP contribution in [0.15, 0.2) is 78.0 Å². The van der Waals surface area contributed by atoms with Crippen LogP contribution in [0.4, 0.5) is 5.69 Å². The number of hydrogen-bond donors (Lipinski definition) is 2. The molecule has 7 nitrogen and oxygen atoms in total. The molecule has 0 aliphatic heterocycles. The van der Waals surface area contributed by atoms with Gasteiger partial charge in [0.15, 0.2) is 0 Å². The third kappa shape index (κ3) is 5.11. The van der Waals surface area contributed by atoms with Crippen molar-refractivity contribution in [2.24, 2.45) is 0 Å². The predicted molar refractivity (Wildman–Crippen MR) is 130 cm³/mol. The van der Waals surface area contributed by atoms with E-state index in [1.54, 1.807) is 48.7 Å². The molecule has 0 aliphatic carbocycles. The molecule has 1 unspecified atom stereocenters. The zero-order valence-electron chi connectivity index (χ0n) is 17.7. The Morgan fingerprint density at radius 3 is 2.71 bits per heavy atom. The molecule has 4 aromatic rings. The van der Waals surface area contributed by atoms with E-state index in [0.29, 0.717) is 38.4 Å². The Morgan fingerprint density at radius 2 is 1.94 bits per heavy atom. The molecular formula is C26H17N3O4S. The van der Waals surface area contributed by atoms with Crippen LogP contribution in [0, 0.1) is 24.2 Å². The monoisotopic (exact) mass is 467 g/mol. The smallest absolute Gasteiger partial charge is 0.354 e. The number of hydrogen-bond acceptors (Lipinski definition) is 6. The molecule has 2 heterocycles. The van der Waals surface area contributed by atoms with E-state index >= 15 is 0 Å². The van der Waals surface area contributed by atoms with Gasteiger partial charge in [0.05, 0.1) is 11.3 Å². The van der Waals surface area contributed by atoms with Gasteiger partial charge in [0.2, 0.25) is 4.90 Å². The molecule has 1 atom stereocenters. The van der Waals surface area contributed by atoms with Crippen molar-refractivity contribution in [2.75, 3.05) is 11.3 Å². The Bertz CT molecular complexity index is 1450. The van der Waals surface area contributed by atoms with Gasteiger partial charge in [-0.25, -0.2) is 14.5 Å². The van der Waals surface area contributed by atoms with Gasteiger partial charge in [-0.1, -0.05) is 36.0 Å². The number of carboxylic acid groups (broad SMARTS) is 1. The number of rotatable bonds is 6. The second kappa shape index (κ2) is 10.4. The molecule has 2 aromatic heterocycles. The van der Waals surface area contributed by atoms with Crippen molar-refractivity contribution in [3.05, 3.63) is 89.9 Å². The number of fused-ring (bicyclic) bond motifs is 1. The fraction of sp³-hybridized carbons (Fsp3) is 0.0385. The summed E-state index contributed by atoms with van der Waals surface area (Å²) in [5.74, 6) is 7.86. The van der Waals surface area contributed by atoms with Crippen molar-refractivity contribution >= 4 is 33.9 Å². The first-order valence-corrected chi connectivity index (χ1v) is 11.1. The van der Waals surface area contributed by atoms with Gasteiger partial charge in [-0.2, -0.15) is 0 Å². The number of aromatic carboxylic acids is 1. The van der Waals surface area contributed by atoms with Crippen LogP contribution in [-0.2, 0) is 11.4 Å². The number of terminal acetylenes is 1. The van der Waals surface area contributed by atoms with Crippen molar-refractivity contribution in [3.8, 4) is 29.9 Å². The molecule has 8 heteroatoms. The SMILES string of the molecule is C#CCOc1ccnc2c([S+]([O-])Nc3ccccc3C#Cc3ccc(C(=O)O)nc3)cccc12. The summed E-state index contributed by atoms with van der Waals surface area (Å²) in [6, 6.07) is 17.2. The second-order valence-corrected chi connectivity index (χ2v) is 8.04. The number of ether oxygens (including phenoxy) is 1. The second-order valence-electron chi connectivity index (χ2n) is 6.86. The summed E-state index contributed by atoms with van der Waals surface area (Å²) in [6.07, 6.45) is 8.27. The number of benzene rings is 2. The molecule has 0 amide bonds. The fourth-order valence-corrected chi connectivity index (χ4v) is 4.12. The molecule has 34 heavy (non-hydrogen) atoms. The highest BCUT2D eigenvalue weighted by Gasteiger charge is 2.19. The molecule has 166 valence electrons. The summed E-state index contributed by atoms with van der Waals surface area (Å²) in [7, 11) is 0. The molecule has 0 aliphatic rings. The molecule has 4 rings (SSSR count). The Morgan fingerprint density at radius 1 is 1.09 bits per heavy atom. The zero-order chi connectivity index (χ0) is 23.9. The number of carbonyl (C=O) groups is 1. The maximum absolute atomic E-state index is 13.3. The number of anilines is 1. The minimum atomic E-state index is -1.64. The lowest BCUT2D eigenvalue weighted by molar-refractivity contribution is 0.0690. The Balaban J connectivity index is 1.61. The van der Waals surface area contributed by atoms with Crippen molar-refractivity contribution in [2.45, 2.75) is 4.90 Å². The van der Waals surface area contributed by atoms with Gasteiger partial charge in [-0.15, -0.1) is 6.42 Å². The van der Waals surface area contributed by atoms with Crippen LogP contribution >= 0.6 is 0 Å². The molecule has 0 fully saturated rings. The average molecular weight is 468 g/mol. The van der Waals surface area contributed by atoms with E-state index in [-0.39, 0.29) is 12.3 Å². The van der Waals surface area contributed by atoms with Gasteiger partial charge in [-0.05, 0) is 42.5 Å². The number of nitrogens with one attached hydrogen (secondary N) is 1. The maximum atomic E-state index is 13.3. The quantitative estimate of drug-likeness (QED) is 0.327. The third-order valence-corrected chi connectivity index (χ3v) is 5.79. The van der Waals surface area contributed by atoms with Crippen LogP contribution < -0.4 is 9.46 Å². The van der Waals surface area contributed by atoms with Crippen LogP contribution in [0.3, 0.4) is 0 Å². The Kier molecular flexibility index (Phi) is 6.95. The van der Waals surface area contributed by atoms with Gasteiger partial charge in [0, 0.05) is 23.3 Å². The van der Waals surface area contributed by atoms with Crippen LogP contribution in [0.2, 0.25) is 0 Å². The van der Waals surface area contributed by atoms with Gasteiger partial charge in [0.1, 0.15) is 34.9 Å². The fourth-order valence-electron chi connectivity index (χ4n) is 3.09. The highest BCUT2D eigenvalue weighted by molar-refractivity contribution is 7.93. The van der Waals surface area contributed by atoms with Crippen molar-refractivity contribution < 1.29 is 19.2 Å². The van der Waals surface area contributed by atoms with E-state index in [1.807, 2.05) is 12.1 Å². The van der Waals surface area contributed by atoms with Gasteiger partial charge in [0.25, 0.3) is 0 Å². The number of pyridine rings is 2. The summed E-state index contributed by atoms with van der Waals surface area (Å²) in [6.45, 7) is 0.116. The van der Waals surface area contributed by atoms with Gasteiger partial charge >= 0.3 is 5.97 Å². The summed E-state index contributed by atoms with van der Waals surface area (Å²) >= 11 is -1.64.